The van der Waals surface area contributed by atoms with E-state index in [4.69, 9.17) is 4.99 Å². The molecule has 4 aromatic rings. The Balaban J connectivity index is 1.19. The molecule has 0 bridgehead atoms. The maximum Gasteiger partial charge on any atom is 0.295 e. The fraction of sp³-hybridized carbons (Fsp3) is 0.280. The van der Waals surface area contributed by atoms with Gasteiger partial charge in [-0.15, -0.1) is 5.10 Å². The largest absolute Gasteiger partial charge is 0.357 e. The summed E-state index contributed by atoms with van der Waals surface area (Å²) in [7, 11) is 0. The lowest BCUT2D eigenvalue weighted by Crippen LogP contribution is -2.56. The van der Waals surface area contributed by atoms with Gasteiger partial charge in [-0.05, 0) is 18.6 Å². The minimum atomic E-state index is -0.768. The third-order valence-electron chi connectivity index (χ3n) is 6.67. The number of amides is 1. The standard InChI is InChI=1S/C25H24FN9O2/c26-19-16-29-23(35-10-8-30-31-35)21-20(19)18(15-28-21)22(36)24(37)32-11-13-33(14-12-32)25-27-7-4-9-34(25)17-5-2-1-3-6-17/h1-3,5-6,8,10,15-16,28H,4,7,9,11-14H2. The van der Waals surface area contributed by atoms with Crippen molar-refractivity contribution in [1.82, 2.24) is 34.8 Å². The number of aliphatic imine (C=N–C) groups is 1. The van der Waals surface area contributed by atoms with Gasteiger partial charge in [-0.3, -0.25) is 14.6 Å². The first-order valence-electron chi connectivity index (χ1n) is 12.1. The van der Waals surface area contributed by atoms with Crippen molar-refractivity contribution in [2.75, 3.05) is 44.2 Å². The maximum atomic E-state index is 14.8. The Morgan fingerprint density at radius 1 is 1.03 bits per heavy atom. The average molecular weight is 502 g/mol. The highest BCUT2D eigenvalue weighted by Crippen LogP contribution is 2.26. The number of benzene rings is 1. The van der Waals surface area contributed by atoms with E-state index in [1.54, 1.807) is 6.20 Å². The number of ketones is 1. The molecule has 5 heterocycles. The third-order valence-corrected chi connectivity index (χ3v) is 6.67. The van der Waals surface area contributed by atoms with Crippen LogP contribution in [0, 0.1) is 5.82 Å². The highest BCUT2D eigenvalue weighted by Gasteiger charge is 2.32. The number of nitrogens with zero attached hydrogens (tertiary/aromatic N) is 8. The number of H-pyrrole nitrogens is 1. The molecule has 188 valence electrons. The van der Waals surface area contributed by atoms with E-state index < -0.39 is 17.5 Å². The molecule has 0 spiro atoms. The van der Waals surface area contributed by atoms with Crippen LogP contribution in [0.2, 0.25) is 0 Å². The summed E-state index contributed by atoms with van der Waals surface area (Å²) in [5.74, 6) is -0.954. The normalized spacial score (nSPS) is 16.2. The molecule has 1 saturated heterocycles. The molecule has 0 atom stereocenters. The van der Waals surface area contributed by atoms with Crippen molar-refractivity contribution in [2.45, 2.75) is 6.42 Å². The molecule has 1 aromatic carbocycles. The van der Waals surface area contributed by atoms with E-state index in [1.807, 2.05) is 18.2 Å². The van der Waals surface area contributed by atoms with Gasteiger partial charge in [0.05, 0.1) is 35.1 Å². The number of guanidine groups is 1. The van der Waals surface area contributed by atoms with Crippen LogP contribution < -0.4 is 4.90 Å². The van der Waals surface area contributed by atoms with Crippen LogP contribution in [-0.4, -0.2) is 91.7 Å². The van der Waals surface area contributed by atoms with Gasteiger partial charge in [-0.1, -0.05) is 23.4 Å². The van der Waals surface area contributed by atoms with E-state index in [0.29, 0.717) is 26.2 Å². The van der Waals surface area contributed by atoms with Gasteiger partial charge < -0.3 is 19.7 Å². The van der Waals surface area contributed by atoms with Crippen molar-refractivity contribution in [2.24, 2.45) is 4.99 Å². The van der Waals surface area contributed by atoms with Crippen molar-refractivity contribution < 1.29 is 14.0 Å². The summed E-state index contributed by atoms with van der Waals surface area (Å²) >= 11 is 0. The lowest BCUT2D eigenvalue weighted by atomic mass is 10.1. The van der Waals surface area contributed by atoms with Gasteiger partial charge in [-0.25, -0.2) is 14.1 Å². The van der Waals surface area contributed by atoms with Crippen LogP contribution in [0.4, 0.5) is 10.1 Å². The highest BCUT2D eigenvalue weighted by molar-refractivity contribution is 6.45. The van der Waals surface area contributed by atoms with Gasteiger partial charge in [0.1, 0.15) is 0 Å². The molecule has 37 heavy (non-hydrogen) atoms. The van der Waals surface area contributed by atoms with E-state index >= 15 is 0 Å². The van der Waals surface area contributed by atoms with Crippen molar-refractivity contribution in [3.63, 3.8) is 0 Å². The number of hydrogen-bond donors (Lipinski definition) is 1. The molecule has 0 unspecified atom stereocenters. The molecule has 2 aliphatic rings. The van der Waals surface area contributed by atoms with Crippen LogP contribution in [0.1, 0.15) is 16.8 Å². The van der Waals surface area contributed by atoms with Crippen molar-refractivity contribution in [1.29, 1.82) is 0 Å². The Labute approximate surface area is 211 Å². The molecule has 2 aliphatic heterocycles. The zero-order valence-electron chi connectivity index (χ0n) is 19.9. The Kier molecular flexibility index (Phi) is 5.83. The summed E-state index contributed by atoms with van der Waals surface area (Å²) in [5, 5.41) is 7.63. The van der Waals surface area contributed by atoms with Gasteiger partial charge in [0.15, 0.2) is 11.6 Å². The first-order valence-corrected chi connectivity index (χ1v) is 12.1. The lowest BCUT2D eigenvalue weighted by molar-refractivity contribution is -0.127. The van der Waals surface area contributed by atoms with Crippen molar-refractivity contribution >= 4 is 34.2 Å². The zero-order chi connectivity index (χ0) is 25.4. The third kappa shape index (κ3) is 4.09. The summed E-state index contributed by atoms with van der Waals surface area (Å²) in [6, 6.07) is 10.1. The van der Waals surface area contributed by atoms with Crippen LogP contribution in [-0.2, 0) is 4.79 Å². The van der Waals surface area contributed by atoms with Crippen LogP contribution in [0.5, 0.6) is 0 Å². The summed E-state index contributed by atoms with van der Waals surface area (Å²) in [6.45, 7) is 3.45. The highest BCUT2D eigenvalue weighted by atomic mass is 19.1. The molecule has 11 nitrogen and oxygen atoms in total. The predicted octanol–water partition coefficient (Wildman–Crippen LogP) is 1.88. The maximum absolute atomic E-state index is 14.8. The minimum Gasteiger partial charge on any atom is -0.357 e. The topological polar surface area (TPSA) is 116 Å². The number of hydrogen-bond acceptors (Lipinski definition) is 8. The fourth-order valence-electron chi connectivity index (χ4n) is 4.85. The smallest absolute Gasteiger partial charge is 0.295 e. The van der Waals surface area contributed by atoms with E-state index in [0.717, 1.165) is 37.4 Å². The van der Waals surface area contributed by atoms with Crippen LogP contribution >= 0.6 is 0 Å². The number of fused-ring (bicyclic) bond motifs is 1. The second-order valence-electron chi connectivity index (χ2n) is 8.86. The van der Waals surface area contributed by atoms with Gasteiger partial charge in [0.25, 0.3) is 11.7 Å². The molecular weight excluding hydrogens is 477 g/mol. The second kappa shape index (κ2) is 9.45. The van der Waals surface area contributed by atoms with E-state index in [9.17, 15) is 14.0 Å². The number of para-hydroxylation sites is 1. The minimum absolute atomic E-state index is 0.00699. The van der Waals surface area contributed by atoms with Crippen LogP contribution in [0.3, 0.4) is 0 Å². The fourth-order valence-corrected chi connectivity index (χ4v) is 4.85. The monoisotopic (exact) mass is 501 g/mol. The van der Waals surface area contributed by atoms with Crippen LogP contribution in [0.15, 0.2) is 60.1 Å². The molecular formula is C25H24FN9O2. The number of carbonyl (C=O) groups excluding carboxylic acids is 2. The van der Waals surface area contributed by atoms with Crippen molar-refractivity contribution in [3.05, 3.63) is 66.5 Å². The number of carbonyl (C=O) groups is 2. The first-order chi connectivity index (χ1) is 18.1. The van der Waals surface area contributed by atoms with Gasteiger partial charge >= 0.3 is 0 Å². The molecule has 0 saturated carbocycles. The molecule has 1 fully saturated rings. The molecule has 6 rings (SSSR count). The Morgan fingerprint density at radius 2 is 1.84 bits per heavy atom. The number of aromatic nitrogens is 5. The summed E-state index contributed by atoms with van der Waals surface area (Å²) in [4.78, 5) is 44.0. The summed E-state index contributed by atoms with van der Waals surface area (Å²) < 4.78 is 16.1. The predicted molar refractivity (Wildman–Crippen MR) is 134 cm³/mol. The van der Waals surface area contributed by atoms with E-state index in [2.05, 4.69) is 42.2 Å². The number of Topliss-reactive ketones (excluding diaryl/α,β-unsaturated/α-hetero) is 1. The molecule has 0 radical (unpaired) electrons. The molecule has 0 aliphatic carbocycles. The Morgan fingerprint density at radius 3 is 2.59 bits per heavy atom. The van der Waals surface area contributed by atoms with Gasteiger partial charge in [0.2, 0.25) is 5.96 Å². The molecule has 1 N–H and O–H groups in total. The SMILES string of the molecule is O=C(C(=O)N1CCN(C2=NCCCN2c2ccccc2)CC1)c1c[nH]c2c(-n3ccnn3)ncc(F)c12. The summed E-state index contributed by atoms with van der Waals surface area (Å²) in [5.41, 5.74) is 1.31. The lowest BCUT2D eigenvalue weighted by Gasteiger charge is -2.41. The van der Waals surface area contributed by atoms with Gasteiger partial charge in [-0.2, -0.15) is 0 Å². The summed E-state index contributed by atoms with van der Waals surface area (Å²) in [6.07, 6.45) is 6.35. The first kappa shape index (κ1) is 22.8. The quantitative estimate of drug-likeness (QED) is 0.335. The molecule has 1 amide bonds. The number of anilines is 1. The Hall–Kier alpha value is -4.61. The second-order valence-corrected chi connectivity index (χ2v) is 8.86. The number of rotatable bonds is 4. The van der Waals surface area contributed by atoms with Gasteiger partial charge in [0, 0.05) is 51.2 Å². The van der Waals surface area contributed by atoms with Crippen molar-refractivity contribution in [3.8, 4) is 5.82 Å². The van der Waals surface area contributed by atoms with E-state index in [1.165, 1.54) is 22.0 Å². The molecule has 12 heteroatoms. The van der Waals surface area contributed by atoms with E-state index in [-0.39, 0.29) is 22.3 Å². The average Bonchev–Trinajstić information content (AvgIpc) is 3.65. The number of pyridine rings is 1. The Bertz CT molecular complexity index is 1470. The zero-order valence-corrected chi connectivity index (χ0v) is 19.9. The van der Waals surface area contributed by atoms with Crippen LogP contribution in [0.25, 0.3) is 16.7 Å². The number of aromatic amines is 1. The number of nitrogens with one attached hydrogen (secondary N) is 1. The molecule has 3 aromatic heterocycles. The number of piperazine rings is 1. The number of halogens is 1.